The first-order valence-electron chi connectivity index (χ1n) is 5.55. The highest BCUT2D eigenvalue weighted by Crippen LogP contribution is 2.29. The van der Waals surface area contributed by atoms with E-state index in [0.29, 0.717) is 12.6 Å². The molecule has 1 aromatic heterocycles. The lowest BCUT2D eigenvalue weighted by molar-refractivity contribution is 0.603. The van der Waals surface area contributed by atoms with Crippen LogP contribution in [0.2, 0.25) is 0 Å². The summed E-state index contributed by atoms with van der Waals surface area (Å²) in [5, 5.41) is 0.939. The van der Waals surface area contributed by atoms with Gasteiger partial charge in [-0.15, -0.1) is 0 Å². The summed E-state index contributed by atoms with van der Waals surface area (Å²) < 4.78 is 15.5. The molecule has 2 aromatic rings. The molecule has 0 aliphatic heterocycles. The number of nitrogens with two attached hydrogens (primary N) is 1. The smallest absolute Gasteiger partial charge is 0.123 e. The summed E-state index contributed by atoms with van der Waals surface area (Å²) in [4.78, 5) is 0. The van der Waals surface area contributed by atoms with E-state index in [9.17, 15) is 4.39 Å². The summed E-state index contributed by atoms with van der Waals surface area (Å²) in [6, 6.07) is 5.26. The van der Waals surface area contributed by atoms with Crippen LogP contribution in [0, 0.1) is 12.7 Å². The van der Waals surface area contributed by atoms with Crippen molar-refractivity contribution in [3.05, 3.63) is 35.3 Å². The third kappa shape index (κ3) is 1.52. The Hall–Kier alpha value is -1.35. The van der Waals surface area contributed by atoms with Gasteiger partial charge in [0, 0.05) is 29.2 Å². The Bertz CT molecular complexity index is 526. The predicted molar refractivity (Wildman–Crippen MR) is 64.9 cm³/mol. The molecule has 2 N–H and O–H groups in total. The van der Waals surface area contributed by atoms with Crippen molar-refractivity contribution < 1.29 is 4.39 Å². The molecule has 0 spiro atoms. The maximum Gasteiger partial charge on any atom is 0.123 e. The molecule has 2 rings (SSSR count). The molecule has 0 aliphatic carbocycles. The minimum atomic E-state index is -0.205. The summed E-state index contributed by atoms with van der Waals surface area (Å²) in [5.41, 5.74) is 8.99. The van der Waals surface area contributed by atoms with Gasteiger partial charge in [0.1, 0.15) is 5.82 Å². The lowest BCUT2D eigenvalue weighted by atomic mass is 10.1. The quantitative estimate of drug-likeness (QED) is 0.828. The Morgan fingerprint density at radius 2 is 2.06 bits per heavy atom. The second-order valence-corrected chi connectivity index (χ2v) is 4.39. The van der Waals surface area contributed by atoms with Crippen LogP contribution in [0.4, 0.5) is 4.39 Å². The number of hydrogen-bond donors (Lipinski definition) is 1. The normalized spacial score (nSPS) is 11.6. The standard InChI is InChI=1S/C13H17FN2/c1-8(2)16-9(3)12(7-15)11-6-10(14)4-5-13(11)16/h4-6,8H,7,15H2,1-3H3. The molecule has 0 saturated heterocycles. The van der Waals surface area contributed by atoms with Crippen LogP contribution in [0.1, 0.15) is 31.1 Å². The molecule has 86 valence electrons. The van der Waals surface area contributed by atoms with Gasteiger partial charge >= 0.3 is 0 Å². The molecule has 0 aliphatic rings. The van der Waals surface area contributed by atoms with E-state index in [1.54, 1.807) is 6.07 Å². The molecule has 1 aromatic carbocycles. The van der Waals surface area contributed by atoms with Crippen molar-refractivity contribution in [3.63, 3.8) is 0 Å². The van der Waals surface area contributed by atoms with Gasteiger partial charge in [-0.05, 0) is 44.5 Å². The van der Waals surface area contributed by atoms with Crippen LogP contribution in [0.5, 0.6) is 0 Å². The largest absolute Gasteiger partial charge is 0.342 e. The Balaban J connectivity index is 2.86. The van der Waals surface area contributed by atoms with Crippen LogP contribution in [-0.2, 0) is 6.54 Å². The van der Waals surface area contributed by atoms with Crippen LogP contribution in [0.25, 0.3) is 10.9 Å². The first-order valence-corrected chi connectivity index (χ1v) is 5.55. The molecule has 0 amide bonds. The van der Waals surface area contributed by atoms with Crippen molar-refractivity contribution in [1.82, 2.24) is 4.57 Å². The first-order chi connectivity index (χ1) is 7.56. The Morgan fingerprint density at radius 1 is 1.38 bits per heavy atom. The molecule has 1 heterocycles. The van der Waals surface area contributed by atoms with Gasteiger partial charge in [0.25, 0.3) is 0 Å². The van der Waals surface area contributed by atoms with Crippen LogP contribution in [-0.4, -0.2) is 4.57 Å². The van der Waals surface area contributed by atoms with Gasteiger partial charge in [0.05, 0.1) is 0 Å². The molecule has 0 fully saturated rings. The van der Waals surface area contributed by atoms with Crippen molar-refractivity contribution >= 4 is 10.9 Å². The zero-order valence-electron chi connectivity index (χ0n) is 9.92. The average Bonchev–Trinajstić information content (AvgIpc) is 2.49. The van der Waals surface area contributed by atoms with E-state index in [0.717, 1.165) is 22.2 Å². The summed E-state index contributed by atoms with van der Waals surface area (Å²) >= 11 is 0. The van der Waals surface area contributed by atoms with Crippen LogP contribution >= 0.6 is 0 Å². The number of rotatable bonds is 2. The molecule has 0 bridgehead atoms. The second-order valence-electron chi connectivity index (χ2n) is 4.39. The maximum atomic E-state index is 13.2. The monoisotopic (exact) mass is 220 g/mol. The van der Waals surface area contributed by atoms with Gasteiger partial charge in [0.15, 0.2) is 0 Å². The number of halogens is 1. The molecule has 0 atom stereocenters. The van der Waals surface area contributed by atoms with E-state index in [1.807, 2.05) is 13.0 Å². The molecule has 0 saturated carbocycles. The first kappa shape index (κ1) is 11.1. The number of aromatic nitrogens is 1. The van der Waals surface area contributed by atoms with E-state index in [-0.39, 0.29) is 5.82 Å². The highest BCUT2D eigenvalue weighted by molar-refractivity contribution is 5.85. The number of benzene rings is 1. The Labute approximate surface area is 94.9 Å². The van der Waals surface area contributed by atoms with E-state index < -0.39 is 0 Å². The lowest BCUT2D eigenvalue weighted by Crippen LogP contribution is -2.04. The summed E-state index contributed by atoms with van der Waals surface area (Å²) in [7, 11) is 0. The fourth-order valence-corrected chi connectivity index (χ4v) is 2.40. The number of nitrogens with zero attached hydrogens (tertiary/aromatic N) is 1. The summed E-state index contributed by atoms with van der Waals surface area (Å²) in [6.45, 7) is 6.73. The van der Waals surface area contributed by atoms with Gasteiger partial charge in [-0.25, -0.2) is 4.39 Å². The van der Waals surface area contributed by atoms with E-state index >= 15 is 0 Å². The predicted octanol–water partition coefficient (Wildman–Crippen LogP) is 3.13. The number of fused-ring (bicyclic) bond motifs is 1. The molecule has 0 radical (unpaired) electrons. The summed E-state index contributed by atoms with van der Waals surface area (Å²) in [6.07, 6.45) is 0. The van der Waals surface area contributed by atoms with Gasteiger partial charge in [-0.2, -0.15) is 0 Å². The number of hydrogen-bond acceptors (Lipinski definition) is 1. The van der Waals surface area contributed by atoms with E-state index in [4.69, 9.17) is 5.73 Å². The van der Waals surface area contributed by atoms with Crippen molar-refractivity contribution in [3.8, 4) is 0 Å². The van der Waals surface area contributed by atoms with Crippen LogP contribution in [0.15, 0.2) is 18.2 Å². The van der Waals surface area contributed by atoms with Crippen molar-refractivity contribution in [1.29, 1.82) is 0 Å². The zero-order valence-corrected chi connectivity index (χ0v) is 9.92. The highest BCUT2D eigenvalue weighted by atomic mass is 19.1. The minimum Gasteiger partial charge on any atom is -0.342 e. The molecule has 0 unspecified atom stereocenters. The Morgan fingerprint density at radius 3 is 2.62 bits per heavy atom. The summed E-state index contributed by atoms with van der Waals surface area (Å²) in [5.74, 6) is -0.205. The third-order valence-corrected chi connectivity index (χ3v) is 3.06. The maximum absolute atomic E-state index is 13.2. The van der Waals surface area contributed by atoms with Gasteiger partial charge in [0.2, 0.25) is 0 Å². The molecular weight excluding hydrogens is 203 g/mol. The lowest BCUT2D eigenvalue weighted by Gasteiger charge is -2.12. The fourth-order valence-electron chi connectivity index (χ4n) is 2.40. The third-order valence-electron chi connectivity index (χ3n) is 3.06. The van der Waals surface area contributed by atoms with E-state index in [1.165, 1.54) is 6.07 Å². The zero-order chi connectivity index (χ0) is 11.9. The molecule has 2 nitrogen and oxygen atoms in total. The van der Waals surface area contributed by atoms with Crippen LogP contribution < -0.4 is 5.73 Å². The van der Waals surface area contributed by atoms with Gasteiger partial charge < -0.3 is 10.3 Å². The molecule has 3 heteroatoms. The van der Waals surface area contributed by atoms with Crippen molar-refractivity contribution in [2.75, 3.05) is 0 Å². The Kier molecular flexibility index (Phi) is 2.72. The fraction of sp³-hybridized carbons (Fsp3) is 0.385. The molecular formula is C13H17FN2. The average molecular weight is 220 g/mol. The highest BCUT2D eigenvalue weighted by Gasteiger charge is 2.14. The van der Waals surface area contributed by atoms with Crippen molar-refractivity contribution in [2.45, 2.75) is 33.4 Å². The second kappa shape index (κ2) is 3.91. The minimum absolute atomic E-state index is 0.205. The van der Waals surface area contributed by atoms with E-state index in [2.05, 4.69) is 18.4 Å². The van der Waals surface area contributed by atoms with Gasteiger partial charge in [-0.1, -0.05) is 0 Å². The topological polar surface area (TPSA) is 30.9 Å². The van der Waals surface area contributed by atoms with Gasteiger partial charge in [-0.3, -0.25) is 0 Å². The molecule has 16 heavy (non-hydrogen) atoms. The van der Waals surface area contributed by atoms with Crippen molar-refractivity contribution in [2.24, 2.45) is 5.73 Å². The SMILES string of the molecule is Cc1c(CN)c2cc(F)ccc2n1C(C)C. The van der Waals surface area contributed by atoms with Crippen LogP contribution in [0.3, 0.4) is 0 Å².